The molecule has 0 atom stereocenters. The zero-order valence-corrected chi connectivity index (χ0v) is 10.8. The summed E-state index contributed by atoms with van der Waals surface area (Å²) in [7, 11) is 0. The molecule has 3 nitrogen and oxygen atoms in total. The fourth-order valence-corrected chi connectivity index (χ4v) is 2.83. The molecule has 3 rings (SSSR count). The van der Waals surface area contributed by atoms with E-state index in [-0.39, 0.29) is 0 Å². The summed E-state index contributed by atoms with van der Waals surface area (Å²) in [4.78, 5) is 4.07. The number of pyridine rings is 1. The third kappa shape index (κ3) is 2.17. The smallest absolute Gasteiger partial charge is 0.0672 e. The van der Waals surface area contributed by atoms with E-state index in [1.54, 1.807) is 0 Å². The van der Waals surface area contributed by atoms with E-state index in [1.165, 1.54) is 43.2 Å². The summed E-state index contributed by atoms with van der Waals surface area (Å²) in [5.41, 5.74) is 3.57. The van der Waals surface area contributed by atoms with E-state index in [0.29, 0.717) is 6.04 Å². The SMILES string of the molecule is Cc1nn(C2CCCCC2)cc1-c1ccncc1. The minimum atomic E-state index is 0.605. The second-order valence-corrected chi connectivity index (χ2v) is 5.14. The molecule has 0 bridgehead atoms. The van der Waals surface area contributed by atoms with Crippen LogP contribution in [0.1, 0.15) is 43.8 Å². The van der Waals surface area contributed by atoms with Gasteiger partial charge >= 0.3 is 0 Å². The molecule has 2 aromatic heterocycles. The zero-order chi connectivity index (χ0) is 12.4. The van der Waals surface area contributed by atoms with Gasteiger partial charge in [0.15, 0.2) is 0 Å². The van der Waals surface area contributed by atoms with Crippen LogP contribution in [-0.4, -0.2) is 14.8 Å². The molecule has 94 valence electrons. The average Bonchev–Trinajstić information content (AvgIpc) is 2.83. The van der Waals surface area contributed by atoms with Crippen LogP contribution in [0, 0.1) is 6.92 Å². The van der Waals surface area contributed by atoms with Crippen LogP contribution in [0.25, 0.3) is 11.1 Å². The number of nitrogens with zero attached hydrogens (tertiary/aromatic N) is 3. The quantitative estimate of drug-likeness (QED) is 0.801. The van der Waals surface area contributed by atoms with Gasteiger partial charge in [-0.1, -0.05) is 19.3 Å². The molecular weight excluding hydrogens is 222 g/mol. The second-order valence-electron chi connectivity index (χ2n) is 5.14. The van der Waals surface area contributed by atoms with Gasteiger partial charge in [0.25, 0.3) is 0 Å². The lowest BCUT2D eigenvalue weighted by molar-refractivity contribution is 0.328. The van der Waals surface area contributed by atoms with Gasteiger partial charge in [0.1, 0.15) is 0 Å². The van der Waals surface area contributed by atoms with Crippen molar-refractivity contribution in [1.29, 1.82) is 0 Å². The average molecular weight is 241 g/mol. The number of hydrogen-bond acceptors (Lipinski definition) is 2. The highest BCUT2D eigenvalue weighted by Gasteiger charge is 2.17. The van der Waals surface area contributed by atoms with Gasteiger partial charge < -0.3 is 0 Å². The third-order valence-corrected chi connectivity index (χ3v) is 3.86. The molecule has 0 radical (unpaired) electrons. The van der Waals surface area contributed by atoms with Crippen molar-refractivity contribution in [3.63, 3.8) is 0 Å². The van der Waals surface area contributed by atoms with Gasteiger partial charge in [0, 0.05) is 24.2 Å². The standard InChI is InChI=1S/C15H19N3/c1-12-15(13-7-9-16-10-8-13)11-18(17-12)14-5-3-2-4-6-14/h7-11,14H,2-6H2,1H3. The van der Waals surface area contributed by atoms with Gasteiger partial charge in [0.05, 0.1) is 11.7 Å². The van der Waals surface area contributed by atoms with Crippen LogP contribution in [0.5, 0.6) is 0 Å². The van der Waals surface area contributed by atoms with Gasteiger partial charge in [0.2, 0.25) is 0 Å². The van der Waals surface area contributed by atoms with Crippen LogP contribution in [0.2, 0.25) is 0 Å². The topological polar surface area (TPSA) is 30.7 Å². The molecule has 0 spiro atoms. The van der Waals surface area contributed by atoms with E-state index in [4.69, 9.17) is 5.10 Å². The van der Waals surface area contributed by atoms with E-state index < -0.39 is 0 Å². The second kappa shape index (κ2) is 4.92. The Morgan fingerprint density at radius 2 is 1.83 bits per heavy atom. The van der Waals surface area contributed by atoms with Crippen molar-refractivity contribution in [3.8, 4) is 11.1 Å². The lowest BCUT2D eigenvalue weighted by atomic mass is 9.96. The van der Waals surface area contributed by atoms with Crippen molar-refractivity contribution in [3.05, 3.63) is 36.4 Å². The van der Waals surface area contributed by atoms with Gasteiger partial charge in [-0.2, -0.15) is 5.10 Å². The number of rotatable bonds is 2. The van der Waals surface area contributed by atoms with E-state index in [2.05, 4.69) is 34.9 Å². The molecule has 2 heterocycles. The molecule has 3 heteroatoms. The summed E-state index contributed by atoms with van der Waals surface area (Å²) >= 11 is 0. The van der Waals surface area contributed by atoms with Crippen molar-refractivity contribution in [2.45, 2.75) is 45.1 Å². The predicted molar refractivity (Wildman–Crippen MR) is 72.3 cm³/mol. The van der Waals surface area contributed by atoms with Crippen molar-refractivity contribution < 1.29 is 0 Å². The maximum atomic E-state index is 4.71. The first-order valence-corrected chi connectivity index (χ1v) is 6.81. The minimum Gasteiger partial charge on any atom is -0.269 e. The predicted octanol–water partition coefficient (Wildman–Crippen LogP) is 3.76. The molecule has 1 saturated carbocycles. The molecule has 0 saturated heterocycles. The molecule has 18 heavy (non-hydrogen) atoms. The first-order chi connectivity index (χ1) is 8.84. The Bertz CT molecular complexity index is 510. The molecular formula is C15H19N3. The van der Waals surface area contributed by atoms with E-state index >= 15 is 0 Å². The van der Waals surface area contributed by atoms with Crippen LogP contribution >= 0.6 is 0 Å². The van der Waals surface area contributed by atoms with Crippen molar-refractivity contribution in [2.24, 2.45) is 0 Å². The highest BCUT2D eigenvalue weighted by Crippen LogP contribution is 2.30. The van der Waals surface area contributed by atoms with Crippen LogP contribution in [-0.2, 0) is 0 Å². The zero-order valence-electron chi connectivity index (χ0n) is 10.8. The number of aromatic nitrogens is 3. The largest absolute Gasteiger partial charge is 0.269 e. The Morgan fingerprint density at radius 1 is 1.11 bits per heavy atom. The van der Waals surface area contributed by atoms with E-state index in [0.717, 1.165) is 5.69 Å². The molecule has 0 aliphatic heterocycles. The number of hydrogen-bond donors (Lipinski definition) is 0. The van der Waals surface area contributed by atoms with Crippen molar-refractivity contribution in [2.75, 3.05) is 0 Å². The van der Waals surface area contributed by atoms with Gasteiger partial charge in [-0.05, 0) is 37.5 Å². The molecule has 1 fully saturated rings. The maximum Gasteiger partial charge on any atom is 0.0672 e. The summed E-state index contributed by atoms with van der Waals surface area (Å²) in [5, 5.41) is 4.71. The normalized spacial score (nSPS) is 16.9. The van der Waals surface area contributed by atoms with E-state index in [9.17, 15) is 0 Å². The molecule has 0 amide bonds. The molecule has 1 aliphatic rings. The fraction of sp³-hybridized carbons (Fsp3) is 0.467. The minimum absolute atomic E-state index is 0.605. The summed E-state index contributed by atoms with van der Waals surface area (Å²) in [6, 6.07) is 4.71. The summed E-state index contributed by atoms with van der Waals surface area (Å²) in [6.07, 6.45) is 12.5. The molecule has 0 N–H and O–H groups in total. The van der Waals surface area contributed by atoms with Gasteiger partial charge in [-0.25, -0.2) is 0 Å². The third-order valence-electron chi connectivity index (χ3n) is 3.86. The molecule has 0 unspecified atom stereocenters. The molecule has 0 aromatic carbocycles. The van der Waals surface area contributed by atoms with Crippen LogP contribution in [0.3, 0.4) is 0 Å². The first kappa shape index (κ1) is 11.5. The lowest BCUT2D eigenvalue weighted by Gasteiger charge is -2.21. The lowest BCUT2D eigenvalue weighted by Crippen LogP contribution is -2.13. The highest BCUT2D eigenvalue weighted by atomic mass is 15.3. The maximum absolute atomic E-state index is 4.71. The van der Waals surface area contributed by atoms with Gasteiger partial charge in [-0.3, -0.25) is 9.67 Å². The fourth-order valence-electron chi connectivity index (χ4n) is 2.83. The summed E-state index contributed by atoms with van der Waals surface area (Å²) in [5.74, 6) is 0. The van der Waals surface area contributed by atoms with E-state index in [1.807, 2.05) is 12.4 Å². The molecule has 2 aromatic rings. The summed E-state index contributed by atoms with van der Waals surface area (Å²) in [6.45, 7) is 2.09. The monoisotopic (exact) mass is 241 g/mol. The highest BCUT2D eigenvalue weighted by molar-refractivity contribution is 5.64. The Balaban J connectivity index is 1.91. The van der Waals surface area contributed by atoms with Crippen LogP contribution < -0.4 is 0 Å². The Morgan fingerprint density at radius 3 is 2.56 bits per heavy atom. The summed E-state index contributed by atoms with van der Waals surface area (Å²) < 4.78 is 2.18. The van der Waals surface area contributed by atoms with Crippen LogP contribution in [0.4, 0.5) is 0 Å². The first-order valence-electron chi connectivity index (χ1n) is 6.81. The molecule has 1 aliphatic carbocycles. The van der Waals surface area contributed by atoms with Crippen molar-refractivity contribution >= 4 is 0 Å². The van der Waals surface area contributed by atoms with Crippen LogP contribution in [0.15, 0.2) is 30.7 Å². The number of aryl methyl sites for hydroxylation is 1. The van der Waals surface area contributed by atoms with Gasteiger partial charge in [-0.15, -0.1) is 0 Å². The Labute approximate surface area is 108 Å². The Hall–Kier alpha value is -1.64. The van der Waals surface area contributed by atoms with Crippen molar-refractivity contribution in [1.82, 2.24) is 14.8 Å². The Kier molecular flexibility index (Phi) is 3.13.